The van der Waals surface area contributed by atoms with Crippen LogP contribution in [0.15, 0.2) is 84.0 Å². The lowest BCUT2D eigenvalue weighted by Crippen LogP contribution is -2.17. The molecule has 8 nitrogen and oxygen atoms in total. The molecule has 2 N–H and O–H groups in total. The number of carbonyl (C=O) groups is 2. The molecule has 3 aromatic carbocycles. The predicted molar refractivity (Wildman–Crippen MR) is 189 cm³/mol. The summed E-state index contributed by atoms with van der Waals surface area (Å²) in [6, 6.07) is 16.2. The maximum absolute atomic E-state index is 15.4. The van der Waals surface area contributed by atoms with Gasteiger partial charge in [-0.15, -0.1) is 11.3 Å². The summed E-state index contributed by atoms with van der Waals surface area (Å²) in [5, 5.41) is 24.3. The molecule has 0 spiro atoms. The van der Waals surface area contributed by atoms with Crippen LogP contribution in [0, 0.1) is 6.92 Å². The van der Waals surface area contributed by atoms with Gasteiger partial charge in [0.15, 0.2) is 17.4 Å². The molecule has 1 aliphatic rings. The van der Waals surface area contributed by atoms with Gasteiger partial charge < -0.3 is 14.9 Å². The van der Waals surface area contributed by atoms with E-state index in [4.69, 9.17) is 14.8 Å². The Morgan fingerprint density at radius 3 is 2.54 bits per heavy atom. The minimum Gasteiger partial charge on any atom is -0.489 e. The number of benzene rings is 3. The molecule has 1 aliphatic heterocycles. The number of carbonyl (C=O) groups excluding carboxylic acids is 1. The number of allylic oxidation sites excluding steroid dienone is 4. The second kappa shape index (κ2) is 14.0. The average Bonchev–Trinajstić information content (AvgIpc) is 3.62. The zero-order valence-electron chi connectivity index (χ0n) is 27.8. The molecule has 2 aromatic heterocycles. The molecule has 0 amide bonds. The molecule has 0 radical (unpaired) electrons. The molecule has 10 heteroatoms. The molecule has 1 saturated heterocycles. The number of nitrogens with zero attached hydrogens (tertiary/aromatic N) is 3. The van der Waals surface area contributed by atoms with Gasteiger partial charge in [0.1, 0.15) is 5.01 Å². The molecule has 0 atom stereocenters. The van der Waals surface area contributed by atoms with Crippen LogP contribution >= 0.6 is 11.3 Å². The summed E-state index contributed by atoms with van der Waals surface area (Å²) in [4.78, 5) is 29.0. The summed E-state index contributed by atoms with van der Waals surface area (Å²) >= 11 is 1.43. The van der Waals surface area contributed by atoms with Gasteiger partial charge in [0.05, 0.1) is 46.1 Å². The molecule has 5 aromatic rings. The van der Waals surface area contributed by atoms with E-state index < -0.39 is 17.4 Å². The van der Waals surface area contributed by atoms with Gasteiger partial charge in [-0.2, -0.15) is 5.10 Å². The van der Waals surface area contributed by atoms with E-state index in [-0.39, 0.29) is 36.6 Å². The summed E-state index contributed by atoms with van der Waals surface area (Å²) in [6.45, 7) is 8.84. The Labute approximate surface area is 282 Å². The van der Waals surface area contributed by atoms with Crippen molar-refractivity contribution in [3.05, 3.63) is 101 Å². The minimum atomic E-state index is -0.989. The number of hydrogen-bond acceptors (Lipinski definition) is 7. The first-order valence-electron chi connectivity index (χ1n) is 15.5. The average molecular weight is 668 g/mol. The lowest BCUT2D eigenvalue weighted by atomic mass is 9.97. The number of ether oxygens (including phenoxy) is 1. The Kier molecular flexibility index (Phi) is 10.1. The van der Waals surface area contributed by atoms with E-state index >= 15 is 4.39 Å². The quantitative estimate of drug-likeness (QED) is 0.175. The highest BCUT2D eigenvalue weighted by Crippen LogP contribution is 2.38. The molecule has 0 aliphatic carbocycles. The Bertz CT molecular complexity index is 2130. The van der Waals surface area contributed by atoms with Crippen molar-refractivity contribution in [2.45, 2.75) is 53.1 Å². The van der Waals surface area contributed by atoms with Crippen LogP contribution < -0.4 is 0 Å². The first kappa shape index (κ1) is 34.4. The molecular weight excluding hydrogens is 629 g/mol. The van der Waals surface area contributed by atoms with Crippen LogP contribution in [0.2, 0.25) is 0 Å². The van der Waals surface area contributed by atoms with Crippen molar-refractivity contribution in [2.24, 2.45) is 7.05 Å². The van der Waals surface area contributed by atoms with E-state index in [0.29, 0.717) is 16.6 Å². The standard InChI is InChI=1S/C34H28FN3O4S.C4H10O/c1-4-24-30(39)12-13-42-32(24)27(35)10-9-25-26(17-31(40)41)19(2)14-28-33(25)43-34(37-28)22-7-5-6-20(15-22)21-8-11-29-23(16-21)18-36-38(29)3;1-4(2,3)5/h4-11,14-16,18H,12-13,17H2,1-3H3,(H,40,41);5H,1-3H3/b10-9+,24-4+,32-27-;. The number of aryl methyl sites for hydroxylation is 2. The third-order valence-electron chi connectivity index (χ3n) is 7.59. The van der Waals surface area contributed by atoms with E-state index in [0.717, 1.165) is 42.9 Å². The number of aliphatic hydroxyl groups is 1. The lowest BCUT2D eigenvalue weighted by Gasteiger charge is -2.18. The van der Waals surface area contributed by atoms with Gasteiger partial charge >= 0.3 is 5.97 Å². The summed E-state index contributed by atoms with van der Waals surface area (Å²) in [5.41, 5.74) is 6.36. The Hall–Kier alpha value is -4.93. The molecule has 48 heavy (non-hydrogen) atoms. The van der Waals surface area contributed by atoms with Crippen LogP contribution in [0.1, 0.15) is 50.8 Å². The normalized spacial score (nSPS) is 15.6. The number of aliphatic carboxylic acids is 1. The van der Waals surface area contributed by atoms with Crippen molar-refractivity contribution in [3.63, 3.8) is 0 Å². The van der Waals surface area contributed by atoms with Crippen LogP contribution in [-0.4, -0.2) is 48.9 Å². The van der Waals surface area contributed by atoms with E-state index in [1.54, 1.807) is 39.8 Å². The maximum Gasteiger partial charge on any atom is 0.307 e. The van der Waals surface area contributed by atoms with E-state index in [1.807, 2.05) is 49.1 Å². The fourth-order valence-corrected chi connectivity index (χ4v) is 6.52. The van der Waals surface area contributed by atoms with Gasteiger partial charge in [-0.05, 0) is 92.8 Å². The number of hydrogen-bond donors (Lipinski definition) is 2. The van der Waals surface area contributed by atoms with Crippen molar-refractivity contribution in [3.8, 4) is 21.7 Å². The number of carboxylic acids is 1. The van der Waals surface area contributed by atoms with Crippen LogP contribution in [0.25, 0.3) is 48.9 Å². The van der Waals surface area contributed by atoms with Crippen LogP contribution in [-0.2, 0) is 27.8 Å². The topological polar surface area (TPSA) is 115 Å². The molecule has 0 saturated carbocycles. The smallest absolute Gasteiger partial charge is 0.307 e. The van der Waals surface area contributed by atoms with Crippen LogP contribution in [0.4, 0.5) is 4.39 Å². The largest absolute Gasteiger partial charge is 0.489 e. The van der Waals surface area contributed by atoms with Gasteiger partial charge in [-0.1, -0.05) is 36.4 Å². The fourth-order valence-electron chi connectivity index (χ4n) is 5.43. The third-order valence-corrected chi connectivity index (χ3v) is 8.75. The lowest BCUT2D eigenvalue weighted by molar-refractivity contribution is -0.136. The van der Waals surface area contributed by atoms with Gasteiger partial charge in [0, 0.05) is 24.4 Å². The van der Waals surface area contributed by atoms with E-state index in [2.05, 4.69) is 29.4 Å². The number of thiazole rings is 1. The summed E-state index contributed by atoms with van der Waals surface area (Å²) < 4.78 is 23.5. The summed E-state index contributed by atoms with van der Waals surface area (Å²) in [7, 11) is 1.91. The Morgan fingerprint density at radius 1 is 1.12 bits per heavy atom. The molecule has 0 bridgehead atoms. The summed E-state index contributed by atoms with van der Waals surface area (Å²) in [6.07, 6.45) is 6.17. The highest BCUT2D eigenvalue weighted by molar-refractivity contribution is 7.22. The first-order valence-corrected chi connectivity index (χ1v) is 16.4. The molecule has 6 rings (SSSR count). The number of ketones is 1. The number of halogens is 1. The van der Waals surface area contributed by atoms with Crippen molar-refractivity contribution >= 4 is 50.3 Å². The molecule has 0 unspecified atom stereocenters. The highest BCUT2D eigenvalue weighted by Gasteiger charge is 2.24. The first-order chi connectivity index (χ1) is 22.7. The van der Waals surface area contributed by atoms with Crippen molar-refractivity contribution in [1.29, 1.82) is 0 Å². The van der Waals surface area contributed by atoms with Gasteiger partial charge in [0.25, 0.3) is 0 Å². The Morgan fingerprint density at radius 2 is 1.83 bits per heavy atom. The second-order valence-corrected chi connectivity index (χ2v) is 13.6. The molecule has 248 valence electrons. The van der Waals surface area contributed by atoms with Crippen molar-refractivity contribution in [1.82, 2.24) is 14.8 Å². The number of aromatic nitrogens is 3. The molecular formula is C38H38FN3O5S. The Balaban J connectivity index is 0.000000840. The van der Waals surface area contributed by atoms with E-state index in [9.17, 15) is 14.7 Å². The van der Waals surface area contributed by atoms with Gasteiger partial charge in [0.2, 0.25) is 0 Å². The van der Waals surface area contributed by atoms with Crippen molar-refractivity contribution < 1.29 is 28.9 Å². The van der Waals surface area contributed by atoms with Gasteiger partial charge in [-0.3, -0.25) is 14.3 Å². The minimum absolute atomic E-state index is 0.0926. The zero-order chi connectivity index (χ0) is 34.7. The zero-order valence-corrected chi connectivity index (χ0v) is 28.6. The van der Waals surface area contributed by atoms with E-state index in [1.165, 1.54) is 17.4 Å². The molecule has 3 heterocycles. The van der Waals surface area contributed by atoms with Crippen LogP contribution in [0.3, 0.4) is 0 Å². The highest BCUT2D eigenvalue weighted by atomic mass is 32.1. The predicted octanol–water partition coefficient (Wildman–Crippen LogP) is 8.36. The second-order valence-electron chi connectivity index (χ2n) is 12.6. The molecule has 1 fully saturated rings. The maximum atomic E-state index is 15.4. The SMILES string of the molecule is CC(C)(C)O.C\C=C1/C(=O)CCO/C1=C(F)/C=C/c1c(CC(=O)O)c(C)cc2nc(-c3cccc(-c4ccc5c(cnn5C)c4)c3)sc12. The number of fused-ring (bicyclic) bond motifs is 2. The summed E-state index contributed by atoms with van der Waals surface area (Å²) in [5.74, 6) is -1.95. The number of rotatable bonds is 6. The monoisotopic (exact) mass is 667 g/mol. The van der Waals surface area contributed by atoms with Crippen LogP contribution in [0.5, 0.6) is 0 Å². The van der Waals surface area contributed by atoms with Gasteiger partial charge in [-0.25, -0.2) is 9.37 Å². The third kappa shape index (κ3) is 7.78. The number of carboxylic acid groups (broad SMARTS) is 1. The number of Topliss-reactive ketones (excluding diaryl/α,β-unsaturated/α-hetero) is 1. The van der Waals surface area contributed by atoms with Crippen molar-refractivity contribution in [2.75, 3.05) is 6.61 Å². The fraction of sp³-hybridized carbons (Fsp3) is 0.263.